The van der Waals surface area contributed by atoms with Gasteiger partial charge in [0.1, 0.15) is 11.6 Å². The molecule has 2 aromatic carbocycles. The van der Waals surface area contributed by atoms with E-state index in [9.17, 15) is 0 Å². The van der Waals surface area contributed by atoms with Gasteiger partial charge in [0.15, 0.2) is 0 Å². The van der Waals surface area contributed by atoms with E-state index in [4.69, 9.17) is 16.2 Å². The van der Waals surface area contributed by atoms with Gasteiger partial charge in [-0.25, -0.2) is 4.98 Å². The Kier molecular flexibility index (Phi) is 6.47. The van der Waals surface area contributed by atoms with Crippen molar-refractivity contribution in [3.05, 3.63) is 53.6 Å². The van der Waals surface area contributed by atoms with Gasteiger partial charge in [0.2, 0.25) is 5.95 Å². The van der Waals surface area contributed by atoms with Crippen LogP contribution in [0.15, 0.2) is 42.5 Å². The number of nitrogens with two attached hydrogens (primary N) is 2. The second-order valence-electron chi connectivity index (χ2n) is 6.87. The maximum absolute atomic E-state index is 5.97. The summed E-state index contributed by atoms with van der Waals surface area (Å²) >= 11 is 0. The second kappa shape index (κ2) is 9.21. The van der Waals surface area contributed by atoms with Crippen molar-refractivity contribution in [3.8, 4) is 5.75 Å². The van der Waals surface area contributed by atoms with Gasteiger partial charge in [-0.1, -0.05) is 44.4 Å². The topological polar surface area (TPSA) is 87.0 Å². The van der Waals surface area contributed by atoms with Gasteiger partial charge in [-0.2, -0.15) is 4.98 Å². The van der Waals surface area contributed by atoms with Crippen LogP contribution in [0, 0.1) is 0 Å². The summed E-state index contributed by atoms with van der Waals surface area (Å²) < 4.78 is 5.80. The average molecular weight is 364 g/mol. The molecule has 142 valence electrons. The van der Waals surface area contributed by atoms with Gasteiger partial charge in [-0.3, -0.25) is 0 Å². The molecule has 0 aliphatic carbocycles. The minimum absolute atomic E-state index is 0.209. The normalized spacial score (nSPS) is 11.0. The third kappa shape index (κ3) is 5.33. The molecule has 0 bridgehead atoms. The van der Waals surface area contributed by atoms with Crippen molar-refractivity contribution < 1.29 is 4.74 Å². The number of anilines is 2. The second-order valence-corrected chi connectivity index (χ2v) is 6.87. The summed E-state index contributed by atoms with van der Waals surface area (Å²) in [5.41, 5.74) is 14.9. The molecular weight excluding hydrogens is 336 g/mol. The molecule has 0 saturated carbocycles. The standard InChI is InChI=1S/C22H28N4O/c1-2-3-4-5-14-27-18-11-8-16(9-12-18)6-7-17-10-13-20-19(15-17)21(23)26-22(24)25-20/h8-13,15H,2-7,14H2,1H3,(H4,23,24,25,26). The molecule has 3 aromatic rings. The van der Waals surface area contributed by atoms with Gasteiger partial charge < -0.3 is 16.2 Å². The summed E-state index contributed by atoms with van der Waals surface area (Å²) in [7, 11) is 0. The van der Waals surface area contributed by atoms with Crippen molar-refractivity contribution in [1.82, 2.24) is 9.97 Å². The highest BCUT2D eigenvalue weighted by atomic mass is 16.5. The third-order valence-electron chi connectivity index (χ3n) is 4.70. The summed E-state index contributed by atoms with van der Waals surface area (Å²) in [6.45, 7) is 3.01. The number of fused-ring (bicyclic) bond motifs is 1. The van der Waals surface area contributed by atoms with Crippen LogP contribution in [0.2, 0.25) is 0 Å². The van der Waals surface area contributed by atoms with Crippen molar-refractivity contribution >= 4 is 22.7 Å². The van der Waals surface area contributed by atoms with E-state index in [1.165, 1.54) is 30.4 Å². The molecule has 3 rings (SSSR count). The fourth-order valence-electron chi connectivity index (χ4n) is 3.13. The van der Waals surface area contributed by atoms with Crippen molar-refractivity contribution in [2.75, 3.05) is 18.1 Å². The Bertz CT molecular complexity index is 877. The average Bonchev–Trinajstić information content (AvgIpc) is 2.67. The van der Waals surface area contributed by atoms with Crippen LogP contribution in [0.25, 0.3) is 10.9 Å². The van der Waals surface area contributed by atoms with Crippen LogP contribution >= 0.6 is 0 Å². The highest BCUT2D eigenvalue weighted by Crippen LogP contribution is 2.21. The number of aromatic nitrogens is 2. The van der Waals surface area contributed by atoms with E-state index in [-0.39, 0.29) is 5.95 Å². The fourth-order valence-corrected chi connectivity index (χ4v) is 3.13. The molecule has 5 nitrogen and oxygen atoms in total. The number of unbranched alkanes of at least 4 members (excludes halogenated alkanes) is 3. The number of nitrogen functional groups attached to an aromatic ring is 2. The van der Waals surface area contributed by atoms with Crippen molar-refractivity contribution in [3.63, 3.8) is 0 Å². The van der Waals surface area contributed by atoms with Gasteiger partial charge >= 0.3 is 0 Å². The molecule has 1 heterocycles. The molecule has 0 unspecified atom stereocenters. The SMILES string of the molecule is CCCCCCOc1ccc(CCc2ccc3nc(N)nc(N)c3c2)cc1. The summed E-state index contributed by atoms with van der Waals surface area (Å²) in [5, 5.41) is 0.855. The van der Waals surface area contributed by atoms with Gasteiger partial charge in [-0.05, 0) is 54.7 Å². The first kappa shape index (κ1) is 19.0. The van der Waals surface area contributed by atoms with E-state index >= 15 is 0 Å². The fraction of sp³-hybridized carbons (Fsp3) is 0.364. The highest BCUT2D eigenvalue weighted by molar-refractivity contribution is 5.89. The van der Waals surface area contributed by atoms with Crippen LogP contribution in [0.3, 0.4) is 0 Å². The van der Waals surface area contributed by atoms with Gasteiger partial charge in [0, 0.05) is 5.39 Å². The van der Waals surface area contributed by atoms with Crippen molar-refractivity contribution in [1.29, 1.82) is 0 Å². The Morgan fingerprint density at radius 1 is 0.852 bits per heavy atom. The first-order chi connectivity index (χ1) is 13.2. The van der Waals surface area contributed by atoms with E-state index in [2.05, 4.69) is 53.3 Å². The smallest absolute Gasteiger partial charge is 0.222 e. The van der Waals surface area contributed by atoms with E-state index in [1.54, 1.807) is 0 Å². The predicted octanol–water partition coefficient (Wildman–Crippen LogP) is 4.54. The lowest BCUT2D eigenvalue weighted by atomic mass is 10.0. The number of nitrogens with zero attached hydrogens (tertiary/aromatic N) is 2. The van der Waals surface area contributed by atoms with Crippen LogP contribution < -0.4 is 16.2 Å². The highest BCUT2D eigenvalue weighted by Gasteiger charge is 2.05. The summed E-state index contributed by atoms with van der Waals surface area (Å²) in [5.74, 6) is 1.59. The number of ether oxygens (including phenoxy) is 1. The monoisotopic (exact) mass is 364 g/mol. The molecule has 0 amide bonds. The van der Waals surface area contributed by atoms with Crippen LogP contribution in [0.5, 0.6) is 5.75 Å². The Balaban J connectivity index is 1.54. The molecule has 4 N–H and O–H groups in total. The van der Waals surface area contributed by atoms with Crippen LogP contribution in [-0.4, -0.2) is 16.6 Å². The molecule has 0 saturated heterocycles. The first-order valence-corrected chi connectivity index (χ1v) is 9.69. The number of aryl methyl sites for hydroxylation is 2. The molecule has 0 fully saturated rings. The minimum atomic E-state index is 0.209. The lowest BCUT2D eigenvalue weighted by Crippen LogP contribution is -2.01. The lowest BCUT2D eigenvalue weighted by molar-refractivity contribution is 0.305. The molecular formula is C22H28N4O. The third-order valence-corrected chi connectivity index (χ3v) is 4.70. The van der Waals surface area contributed by atoms with Crippen molar-refractivity contribution in [2.45, 2.75) is 45.4 Å². The zero-order chi connectivity index (χ0) is 19.1. The zero-order valence-electron chi connectivity index (χ0n) is 15.9. The maximum Gasteiger partial charge on any atom is 0.222 e. The number of benzene rings is 2. The Labute approximate surface area is 160 Å². The Morgan fingerprint density at radius 3 is 2.37 bits per heavy atom. The maximum atomic E-state index is 5.97. The molecule has 0 spiro atoms. The van der Waals surface area contributed by atoms with Crippen LogP contribution in [0.4, 0.5) is 11.8 Å². The largest absolute Gasteiger partial charge is 0.494 e. The summed E-state index contributed by atoms with van der Waals surface area (Å²) in [4.78, 5) is 8.26. The molecule has 0 aliphatic heterocycles. The summed E-state index contributed by atoms with van der Waals surface area (Å²) in [6, 6.07) is 14.5. The Hall–Kier alpha value is -2.82. The van der Waals surface area contributed by atoms with E-state index in [1.807, 2.05) is 6.07 Å². The molecule has 0 atom stereocenters. The van der Waals surface area contributed by atoms with E-state index < -0.39 is 0 Å². The number of rotatable bonds is 9. The van der Waals surface area contributed by atoms with Gasteiger partial charge in [-0.15, -0.1) is 0 Å². The summed E-state index contributed by atoms with van der Waals surface area (Å²) in [6.07, 6.45) is 6.77. The quantitative estimate of drug-likeness (QED) is 0.544. The molecule has 1 aromatic heterocycles. The van der Waals surface area contributed by atoms with Crippen LogP contribution in [0.1, 0.15) is 43.7 Å². The minimum Gasteiger partial charge on any atom is -0.494 e. The van der Waals surface area contributed by atoms with E-state index in [0.29, 0.717) is 5.82 Å². The predicted molar refractivity (Wildman–Crippen MR) is 112 cm³/mol. The molecule has 27 heavy (non-hydrogen) atoms. The van der Waals surface area contributed by atoms with Crippen molar-refractivity contribution in [2.24, 2.45) is 0 Å². The molecule has 5 heteroatoms. The van der Waals surface area contributed by atoms with Crippen LogP contribution in [-0.2, 0) is 12.8 Å². The first-order valence-electron chi connectivity index (χ1n) is 9.69. The number of hydrogen-bond acceptors (Lipinski definition) is 5. The molecule has 0 aliphatic rings. The van der Waals surface area contributed by atoms with Gasteiger partial charge in [0.05, 0.1) is 12.1 Å². The number of hydrogen-bond donors (Lipinski definition) is 2. The lowest BCUT2D eigenvalue weighted by Gasteiger charge is -2.08. The zero-order valence-corrected chi connectivity index (χ0v) is 15.9. The molecule has 0 radical (unpaired) electrons. The van der Waals surface area contributed by atoms with Gasteiger partial charge in [0.25, 0.3) is 0 Å². The van der Waals surface area contributed by atoms with E-state index in [0.717, 1.165) is 42.5 Å². The Morgan fingerprint density at radius 2 is 1.59 bits per heavy atom.